The molecular formula is C10H14N2O3S2. The van der Waals surface area contributed by atoms with Crippen LogP contribution in [0.4, 0.5) is 0 Å². The first kappa shape index (κ1) is 12.5. The van der Waals surface area contributed by atoms with Gasteiger partial charge in [0.25, 0.3) is 10.0 Å². The molecule has 17 heavy (non-hydrogen) atoms. The molecule has 0 bridgehead atoms. The Morgan fingerprint density at radius 3 is 2.47 bits per heavy atom. The molecule has 7 heteroatoms. The molecule has 1 aromatic heterocycles. The minimum absolute atomic E-state index is 0.136. The number of nitrogens with one attached hydrogen (secondary N) is 1. The highest BCUT2D eigenvalue weighted by molar-refractivity contribution is 7.92. The largest absolute Gasteiger partial charge is 0.275 e. The van der Waals surface area contributed by atoms with Crippen molar-refractivity contribution < 1.29 is 13.2 Å². The first-order valence-electron chi connectivity index (χ1n) is 5.32. The van der Waals surface area contributed by atoms with Gasteiger partial charge in [0.2, 0.25) is 5.91 Å². The Bertz CT molecular complexity index is 562. The van der Waals surface area contributed by atoms with Gasteiger partial charge in [0.15, 0.2) is 4.21 Å². The highest BCUT2D eigenvalue weighted by Gasteiger charge is 2.41. The molecule has 1 N–H and O–H groups in total. The maximum atomic E-state index is 12.0. The van der Waals surface area contributed by atoms with E-state index in [9.17, 15) is 13.2 Å². The van der Waals surface area contributed by atoms with Gasteiger partial charge in [-0.25, -0.2) is 18.1 Å². The van der Waals surface area contributed by atoms with Gasteiger partial charge in [-0.05, 0) is 26.2 Å². The van der Waals surface area contributed by atoms with Gasteiger partial charge in [-0.2, -0.15) is 0 Å². The van der Waals surface area contributed by atoms with E-state index in [1.807, 2.05) is 6.92 Å². The average molecular weight is 274 g/mol. The summed E-state index contributed by atoms with van der Waals surface area (Å²) in [6.45, 7) is 5.29. The zero-order valence-electron chi connectivity index (χ0n) is 9.85. The van der Waals surface area contributed by atoms with Crippen molar-refractivity contribution in [3.63, 3.8) is 0 Å². The summed E-state index contributed by atoms with van der Waals surface area (Å²) < 4.78 is 26.2. The topological polar surface area (TPSA) is 76.1 Å². The van der Waals surface area contributed by atoms with E-state index in [-0.39, 0.29) is 16.0 Å². The second-order valence-corrected chi connectivity index (χ2v) is 7.48. The fourth-order valence-electron chi connectivity index (χ4n) is 1.70. The van der Waals surface area contributed by atoms with Gasteiger partial charge in [0.05, 0.1) is 10.7 Å². The summed E-state index contributed by atoms with van der Waals surface area (Å²) in [4.78, 5) is 15.7. The van der Waals surface area contributed by atoms with E-state index in [4.69, 9.17) is 0 Å². The van der Waals surface area contributed by atoms with Crippen molar-refractivity contribution in [1.82, 2.24) is 9.71 Å². The SMILES string of the molecule is Cc1nc(C)c(S(=O)(=O)NC(=O)[C@H]2C[C@H]2C)s1. The van der Waals surface area contributed by atoms with Crippen LogP contribution < -0.4 is 4.72 Å². The molecule has 1 aliphatic carbocycles. The Labute approximate surface area is 104 Å². The summed E-state index contributed by atoms with van der Waals surface area (Å²) in [6.07, 6.45) is 0.766. The van der Waals surface area contributed by atoms with Crippen LogP contribution in [0.15, 0.2) is 4.21 Å². The standard InChI is InChI=1S/C10H14N2O3S2/c1-5-4-8(5)9(13)12-17(14,15)10-6(2)11-7(3)16-10/h5,8H,4H2,1-3H3,(H,12,13)/t5-,8+/m1/s1. The zero-order chi connectivity index (χ0) is 12.8. The molecule has 1 aliphatic rings. The predicted molar refractivity (Wildman–Crippen MR) is 64.2 cm³/mol. The molecule has 1 amide bonds. The van der Waals surface area contributed by atoms with Crippen molar-refractivity contribution in [2.75, 3.05) is 0 Å². The molecule has 2 rings (SSSR count). The van der Waals surface area contributed by atoms with E-state index in [0.717, 1.165) is 17.8 Å². The number of rotatable bonds is 3. The van der Waals surface area contributed by atoms with Crippen LogP contribution in [0.5, 0.6) is 0 Å². The molecule has 5 nitrogen and oxygen atoms in total. The Morgan fingerprint density at radius 1 is 1.47 bits per heavy atom. The molecule has 0 saturated heterocycles. The van der Waals surface area contributed by atoms with Crippen molar-refractivity contribution in [3.8, 4) is 0 Å². The highest BCUT2D eigenvalue weighted by Crippen LogP contribution is 2.38. The molecule has 0 aliphatic heterocycles. The summed E-state index contributed by atoms with van der Waals surface area (Å²) in [5.41, 5.74) is 0.441. The Morgan fingerprint density at radius 2 is 2.06 bits per heavy atom. The molecule has 0 spiro atoms. The van der Waals surface area contributed by atoms with Gasteiger partial charge in [-0.15, -0.1) is 11.3 Å². The lowest BCUT2D eigenvalue weighted by Crippen LogP contribution is -2.32. The molecule has 0 unspecified atom stereocenters. The number of hydrogen-bond donors (Lipinski definition) is 1. The summed E-state index contributed by atoms with van der Waals surface area (Å²) in [5.74, 6) is -0.267. The molecule has 0 aromatic carbocycles. The number of nitrogens with zero attached hydrogens (tertiary/aromatic N) is 1. The van der Waals surface area contributed by atoms with Crippen LogP contribution in [0.2, 0.25) is 0 Å². The summed E-state index contributed by atoms with van der Waals surface area (Å²) in [7, 11) is -3.74. The quantitative estimate of drug-likeness (QED) is 0.899. The van der Waals surface area contributed by atoms with E-state index in [1.165, 1.54) is 0 Å². The zero-order valence-corrected chi connectivity index (χ0v) is 11.5. The molecule has 2 atom stereocenters. The lowest BCUT2D eigenvalue weighted by Gasteiger charge is -2.04. The number of sulfonamides is 1. The van der Waals surface area contributed by atoms with Crippen molar-refractivity contribution in [1.29, 1.82) is 0 Å². The van der Waals surface area contributed by atoms with Gasteiger partial charge in [0, 0.05) is 5.92 Å². The van der Waals surface area contributed by atoms with E-state index in [1.54, 1.807) is 13.8 Å². The molecule has 1 aromatic rings. The lowest BCUT2D eigenvalue weighted by atomic mass is 10.3. The van der Waals surface area contributed by atoms with E-state index < -0.39 is 15.9 Å². The molecule has 0 radical (unpaired) electrons. The van der Waals surface area contributed by atoms with Crippen LogP contribution in [-0.2, 0) is 14.8 Å². The maximum Gasteiger partial charge on any atom is 0.275 e. The van der Waals surface area contributed by atoms with Crippen LogP contribution in [-0.4, -0.2) is 19.3 Å². The molecular weight excluding hydrogens is 260 g/mol. The number of amides is 1. The highest BCUT2D eigenvalue weighted by atomic mass is 32.2. The Kier molecular flexibility index (Phi) is 2.99. The van der Waals surface area contributed by atoms with Gasteiger partial charge in [-0.1, -0.05) is 6.92 Å². The normalized spacial score (nSPS) is 23.5. The second kappa shape index (κ2) is 4.06. The summed E-state index contributed by atoms with van der Waals surface area (Å²) >= 11 is 1.08. The monoisotopic (exact) mass is 274 g/mol. The van der Waals surface area contributed by atoms with Crippen molar-refractivity contribution in [3.05, 3.63) is 10.7 Å². The maximum absolute atomic E-state index is 12.0. The average Bonchev–Trinajstić information content (AvgIpc) is 2.81. The summed E-state index contributed by atoms with van der Waals surface area (Å²) in [6, 6.07) is 0. The van der Waals surface area contributed by atoms with Crippen LogP contribution in [0.1, 0.15) is 24.0 Å². The Hall–Kier alpha value is -0.950. The number of aromatic nitrogens is 1. The first-order chi connectivity index (χ1) is 7.81. The van der Waals surface area contributed by atoms with Gasteiger partial charge < -0.3 is 0 Å². The third kappa shape index (κ3) is 2.50. The number of thiazole rings is 1. The second-order valence-electron chi connectivity index (χ2n) is 4.39. The minimum atomic E-state index is -3.74. The van der Waals surface area contributed by atoms with Crippen LogP contribution in [0.25, 0.3) is 0 Å². The molecule has 1 saturated carbocycles. The van der Waals surface area contributed by atoms with E-state index in [2.05, 4.69) is 9.71 Å². The van der Waals surface area contributed by atoms with Gasteiger partial charge in [-0.3, -0.25) is 4.79 Å². The van der Waals surface area contributed by atoms with Crippen molar-refractivity contribution in [2.45, 2.75) is 31.4 Å². The molecule has 1 heterocycles. The fourth-order valence-corrected chi connectivity index (χ4v) is 4.22. The fraction of sp³-hybridized carbons (Fsp3) is 0.600. The first-order valence-corrected chi connectivity index (χ1v) is 7.62. The number of aryl methyl sites for hydroxylation is 2. The van der Waals surface area contributed by atoms with E-state index in [0.29, 0.717) is 10.7 Å². The Balaban J connectivity index is 2.19. The third-order valence-corrected chi connectivity index (χ3v) is 5.82. The van der Waals surface area contributed by atoms with Crippen LogP contribution in [0.3, 0.4) is 0 Å². The number of hydrogen-bond acceptors (Lipinski definition) is 5. The number of carbonyl (C=O) groups excluding carboxylic acids is 1. The lowest BCUT2D eigenvalue weighted by molar-refractivity contribution is -0.120. The summed E-state index contributed by atoms with van der Waals surface area (Å²) in [5, 5.41) is 0.676. The van der Waals surface area contributed by atoms with Crippen molar-refractivity contribution in [2.24, 2.45) is 11.8 Å². The minimum Gasteiger partial charge on any atom is -0.274 e. The van der Waals surface area contributed by atoms with Gasteiger partial charge >= 0.3 is 0 Å². The molecule has 1 fully saturated rings. The van der Waals surface area contributed by atoms with E-state index >= 15 is 0 Å². The predicted octanol–water partition coefficient (Wildman–Crippen LogP) is 1.22. The molecule has 94 valence electrons. The van der Waals surface area contributed by atoms with Crippen LogP contribution >= 0.6 is 11.3 Å². The smallest absolute Gasteiger partial charge is 0.274 e. The van der Waals surface area contributed by atoms with Crippen LogP contribution in [0, 0.1) is 25.7 Å². The van der Waals surface area contributed by atoms with Gasteiger partial charge in [0.1, 0.15) is 0 Å². The number of carbonyl (C=O) groups is 1. The van der Waals surface area contributed by atoms with Crippen molar-refractivity contribution >= 4 is 27.3 Å². The third-order valence-electron chi connectivity index (χ3n) is 2.79.